The van der Waals surface area contributed by atoms with Crippen LogP contribution in [0.4, 0.5) is 0 Å². The van der Waals surface area contributed by atoms with Crippen LogP contribution in [0.1, 0.15) is 64.1 Å². The Morgan fingerprint density at radius 3 is 2.38 bits per heavy atom. The van der Waals surface area contributed by atoms with Gasteiger partial charge >= 0.3 is 0 Å². The summed E-state index contributed by atoms with van der Waals surface area (Å²) in [6, 6.07) is 9.50. The topological polar surface area (TPSA) is 41.1 Å². The van der Waals surface area contributed by atoms with Gasteiger partial charge in [-0.25, -0.2) is 0 Å². The van der Waals surface area contributed by atoms with E-state index < -0.39 is 0 Å². The third kappa shape index (κ3) is 5.16. The first kappa shape index (κ1) is 16.0. The number of amides is 1. The van der Waals surface area contributed by atoms with E-state index in [9.17, 15) is 4.79 Å². The summed E-state index contributed by atoms with van der Waals surface area (Å²) in [4.78, 5) is 11.6. The molecule has 1 atom stereocenters. The van der Waals surface area contributed by atoms with Crippen LogP contribution in [0.3, 0.4) is 0 Å². The Morgan fingerprint density at radius 2 is 1.86 bits per heavy atom. The average Bonchev–Trinajstić information content (AvgIpc) is 3.21. The molecule has 0 saturated heterocycles. The van der Waals surface area contributed by atoms with Gasteiger partial charge in [0, 0.05) is 25.0 Å². The molecule has 1 aliphatic carbocycles. The molecular weight excluding hydrogens is 260 g/mol. The summed E-state index contributed by atoms with van der Waals surface area (Å²) in [5.41, 5.74) is 2.81. The highest BCUT2D eigenvalue weighted by Gasteiger charge is 2.22. The number of hydrogen-bond donors (Lipinski definition) is 2. The zero-order valence-corrected chi connectivity index (χ0v) is 13.7. The van der Waals surface area contributed by atoms with Crippen molar-refractivity contribution in [1.29, 1.82) is 0 Å². The average molecular weight is 288 g/mol. The van der Waals surface area contributed by atoms with Gasteiger partial charge < -0.3 is 10.6 Å². The maximum atomic E-state index is 11.6. The van der Waals surface area contributed by atoms with Gasteiger partial charge in [0.2, 0.25) is 5.91 Å². The largest absolute Gasteiger partial charge is 0.353 e. The van der Waals surface area contributed by atoms with Crippen LogP contribution in [-0.2, 0) is 10.2 Å². The minimum absolute atomic E-state index is 0.167. The second kappa shape index (κ2) is 6.61. The van der Waals surface area contributed by atoms with Crippen LogP contribution >= 0.6 is 0 Å². The lowest BCUT2D eigenvalue weighted by Gasteiger charge is -2.20. The molecule has 2 rings (SSSR count). The molecular formula is C18H28N2O. The molecule has 1 fully saturated rings. The lowest BCUT2D eigenvalue weighted by molar-refractivity contribution is -0.121. The van der Waals surface area contributed by atoms with Crippen molar-refractivity contribution in [3.05, 3.63) is 35.4 Å². The Bertz CT molecular complexity index is 469. The lowest BCUT2D eigenvalue weighted by atomic mass is 9.86. The second-order valence-electron chi connectivity index (χ2n) is 7.14. The zero-order chi connectivity index (χ0) is 15.5. The first-order chi connectivity index (χ1) is 9.86. The normalized spacial score (nSPS) is 16.6. The van der Waals surface area contributed by atoms with Crippen LogP contribution in [0.2, 0.25) is 0 Å². The van der Waals surface area contributed by atoms with Gasteiger partial charge in [0.25, 0.3) is 0 Å². The molecule has 0 heterocycles. The monoisotopic (exact) mass is 288 g/mol. The van der Waals surface area contributed by atoms with E-state index in [4.69, 9.17) is 0 Å². The van der Waals surface area contributed by atoms with Crippen molar-refractivity contribution < 1.29 is 4.79 Å². The van der Waals surface area contributed by atoms with E-state index in [0.29, 0.717) is 12.5 Å². The van der Waals surface area contributed by atoms with Crippen molar-refractivity contribution in [3.8, 4) is 0 Å². The fourth-order valence-electron chi connectivity index (χ4n) is 2.32. The van der Waals surface area contributed by atoms with Gasteiger partial charge in [-0.2, -0.15) is 0 Å². The van der Waals surface area contributed by atoms with E-state index in [2.05, 4.69) is 62.6 Å². The maximum Gasteiger partial charge on any atom is 0.221 e. The predicted octanol–water partition coefficient (Wildman–Crippen LogP) is 3.30. The third-order valence-corrected chi connectivity index (χ3v) is 4.02. The summed E-state index contributed by atoms with van der Waals surface area (Å²) in [5.74, 6) is 0.167. The van der Waals surface area contributed by atoms with Crippen molar-refractivity contribution >= 4 is 5.91 Å². The van der Waals surface area contributed by atoms with Gasteiger partial charge in [-0.1, -0.05) is 45.0 Å². The Labute approximate surface area is 128 Å². The van der Waals surface area contributed by atoms with Crippen LogP contribution in [0, 0.1) is 0 Å². The zero-order valence-electron chi connectivity index (χ0n) is 13.7. The summed E-state index contributed by atoms with van der Waals surface area (Å²) in [5, 5.41) is 6.43. The van der Waals surface area contributed by atoms with Gasteiger partial charge in [-0.15, -0.1) is 0 Å². The molecule has 0 radical (unpaired) electrons. The van der Waals surface area contributed by atoms with Gasteiger partial charge in [-0.05, 0) is 36.3 Å². The quantitative estimate of drug-likeness (QED) is 0.843. The predicted molar refractivity (Wildman–Crippen MR) is 87.3 cm³/mol. The van der Waals surface area contributed by atoms with Crippen molar-refractivity contribution in [3.63, 3.8) is 0 Å². The molecule has 1 amide bonds. The number of rotatable bonds is 6. The molecule has 3 heteroatoms. The SMILES string of the molecule is CC(NCCC(=O)NC1CC1)c1ccc(C(C)(C)C)cc1. The number of benzene rings is 1. The Hall–Kier alpha value is -1.35. The number of hydrogen-bond acceptors (Lipinski definition) is 2. The number of nitrogens with one attached hydrogen (secondary N) is 2. The maximum absolute atomic E-state index is 11.6. The fraction of sp³-hybridized carbons (Fsp3) is 0.611. The summed E-state index contributed by atoms with van der Waals surface area (Å²) in [6.45, 7) is 9.54. The molecule has 3 nitrogen and oxygen atoms in total. The molecule has 1 aromatic rings. The van der Waals surface area contributed by atoms with Gasteiger partial charge in [0.15, 0.2) is 0 Å². The standard InChI is InChI=1S/C18H28N2O/c1-13(19-12-11-17(21)20-16-9-10-16)14-5-7-15(8-6-14)18(2,3)4/h5-8,13,16,19H,9-12H2,1-4H3,(H,20,21). The minimum Gasteiger partial charge on any atom is -0.353 e. The molecule has 0 spiro atoms. The van der Waals surface area contributed by atoms with Crippen LogP contribution < -0.4 is 10.6 Å². The van der Waals surface area contributed by atoms with E-state index in [1.165, 1.54) is 11.1 Å². The fourth-order valence-corrected chi connectivity index (χ4v) is 2.32. The minimum atomic E-state index is 0.167. The molecule has 1 aliphatic rings. The van der Waals surface area contributed by atoms with Crippen molar-refractivity contribution in [2.45, 2.75) is 64.5 Å². The molecule has 0 aromatic heterocycles. The Kier molecular flexibility index (Phi) is 5.04. The van der Waals surface area contributed by atoms with Gasteiger partial charge in [0.05, 0.1) is 0 Å². The van der Waals surface area contributed by atoms with Crippen LogP contribution in [0.5, 0.6) is 0 Å². The number of carbonyl (C=O) groups excluding carboxylic acids is 1. The summed E-state index contributed by atoms with van der Waals surface area (Å²) < 4.78 is 0. The second-order valence-corrected chi connectivity index (χ2v) is 7.14. The molecule has 1 aromatic carbocycles. The van der Waals surface area contributed by atoms with E-state index in [1.807, 2.05) is 0 Å². The van der Waals surface area contributed by atoms with Crippen molar-refractivity contribution in [2.24, 2.45) is 0 Å². The highest BCUT2D eigenvalue weighted by Crippen LogP contribution is 2.23. The van der Waals surface area contributed by atoms with Crippen LogP contribution in [0.25, 0.3) is 0 Å². The Balaban J connectivity index is 1.77. The van der Waals surface area contributed by atoms with Gasteiger partial charge in [0.1, 0.15) is 0 Å². The smallest absolute Gasteiger partial charge is 0.221 e. The van der Waals surface area contributed by atoms with Crippen molar-refractivity contribution in [1.82, 2.24) is 10.6 Å². The highest BCUT2D eigenvalue weighted by molar-refractivity contribution is 5.76. The van der Waals surface area contributed by atoms with Gasteiger partial charge in [-0.3, -0.25) is 4.79 Å². The lowest BCUT2D eigenvalue weighted by Crippen LogP contribution is -2.30. The van der Waals surface area contributed by atoms with E-state index in [0.717, 1.165) is 19.4 Å². The van der Waals surface area contributed by atoms with E-state index in [1.54, 1.807) is 0 Å². The molecule has 0 aliphatic heterocycles. The molecule has 21 heavy (non-hydrogen) atoms. The number of carbonyl (C=O) groups is 1. The highest BCUT2D eigenvalue weighted by atomic mass is 16.1. The summed E-state index contributed by atoms with van der Waals surface area (Å²) in [6.07, 6.45) is 2.85. The van der Waals surface area contributed by atoms with E-state index in [-0.39, 0.29) is 17.4 Å². The van der Waals surface area contributed by atoms with E-state index >= 15 is 0 Å². The van der Waals surface area contributed by atoms with Crippen molar-refractivity contribution in [2.75, 3.05) is 6.54 Å². The Morgan fingerprint density at radius 1 is 1.24 bits per heavy atom. The molecule has 0 bridgehead atoms. The first-order valence-electron chi connectivity index (χ1n) is 7.99. The molecule has 1 saturated carbocycles. The van der Waals surface area contributed by atoms with Crippen LogP contribution in [0.15, 0.2) is 24.3 Å². The summed E-state index contributed by atoms with van der Waals surface area (Å²) >= 11 is 0. The molecule has 116 valence electrons. The third-order valence-electron chi connectivity index (χ3n) is 4.02. The first-order valence-corrected chi connectivity index (χ1v) is 7.99. The van der Waals surface area contributed by atoms with Crippen LogP contribution in [-0.4, -0.2) is 18.5 Å². The molecule has 1 unspecified atom stereocenters. The molecule has 2 N–H and O–H groups in total. The summed E-state index contributed by atoms with van der Waals surface area (Å²) in [7, 11) is 0.